The summed E-state index contributed by atoms with van der Waals surface area (Å²) in [7, 11) is 1.25. The standard InChI is InChI=1S/C17H26BNO4/c1-12(20)11-19(6)15(21)13-7-9-14(10-8-13)18-22-16(2,3)17(4,5)23-18/h7-10,12,20H,11H2,1-6H3/t12-/m1/s1. The van der Waals surface area contributed by atoms with Crippen molar-refractivity contribution in [3.05, 3.63) is 29.8 Å². The Morgan fingerprint density at radius 3 is 2.09 bits per heavy atom. The molecule has 0 saturated carbocycles. The molecule has 1 aromatic carbocycles. The molecule has 1 N–H and O–H groups in total. The second kappa shape index (κ2) is 6.26. The zero-order valence-electron chi connectivity index (χ0n) is 14.8. The molecular formula is C17H26BNO4. The van der Waals surface area contributed by atoms with Gasteiger partial charge in [-0.2, -0.15) is 0 Å². The molecule has 1 aromatic rings. The SMILES string of the molecule is C[C@@H](O)CN(C)C(=O)c1ccc(B2OC(C)(C)C(C)(C)O2)cc1. The first-order valence-electron chi connectivity index (χ1n) is 7.92. The number of carbonyl (C=O) groups is 1. The summed E-state index contributed by atoms with van der Waals surface area (Å²) < 4.78 is 12.0. The minimum absolute atomic E-state index is 0.119. The Morgan fingerprint density at radius 1 is 1.17 bits per heavy atom. The summed E-state index contributed by atoms with van der Waals surface area (Å²) in [6.07, 6.45) is -0.548. The molecule has 1 aliphatic rings. The van der Waals surface area contributed by atoms with E-state index in [4.69, 9.17) is 9.31 Å². The maximum absolute atomic E-state index is 12.3. The average Bonchev–Trinajstić information content (AvgIpc) is 2.66. The fourth-order valence-electron chi connectivity index (χ4n) is 2.46. The summed E-state index contributed by atoms with van der Waals surface area (Å²) in [4.78, 5) is 13.8. The van der Waals surface area contributed by atoms with E-state index in [2.05, 4.69) is 0 Å². The first-order valence-corrected chi connectivity index (χ1v) is 7.92. The molecule has 1 aliphatic heterocycles. The van der Waals surface area contributed by atoms with Gasteiger partial charge in [-0.05, 0) is 52.2 Å². The van der Waals surface area contributed by atoms with Crippen LogP contribution in [0.2, 0.25) is 0 Å². The number of aliphatic hydroxyl groups excluding tert-OH is 1. The Kier molecular flexibility index (Phi) is 4.90. The van der Waals surface area contributed by atoms with Gasteiger partial charge in [-0.1, -0.05) is 12.1 Å². The Labute approximate surface area is 138 Å². The van der Waals surface area contributed by atoms with Crippen molar-refractivity contribution in [3.8, 4) is 0 Å². The van der Waals surface area contributed by atoms with Gasteiger partial charge in [0.25, 0.3) is 5.91 Å². The van der Waals surface area contributed by atoms with Crippen LogP contribution in [-0.2, 0) is 9.31 Å². The number of hydrogen-bond acceptors (Lipinski definition) is 4. The van der Waals surface area contributed by atoms with Crippen LogP contribution in [0, 0.1) is 0 Å². The highest BCUT2D eigenvalue weighted by molar-refractivity contribution is 6.62. The van der Waals surface area contributed by atoms with Crippen molar-refractivity contribution in [2.24, 2.45) is 0 Å². The smallest absolute Gasteiger partial charge is 0.399 e. The van der Waals surface area contributed by atoms with Gasteiger partial charge in [-0.15, -0.1) is 0 Å². The molecule has 0 unspecified atom stereocenters. The molecular weight excluding hydrogens is 293 g/mol. The maximum atomic E-state index is 12.3. The number of hydrogen-bond donors (Lipinski definition) is 1. The largest absolute Gasteiger partial charge is 0.494 e. The number of carbonyl (C=O) groups excluding carboxylic acids is 1. The maximum Gasteiger partial charge on any atom is 0.494 e. The molecule has 1 fully saturated rings. The Hall–Kier alpha value is -1.37. The number of rotatable bonds is 4. The first kappa shape index (κ1) is 18.0. The molecule has 0 aliphatic carbocycles. The molecule has 0 spiro atoms. The van der Waals surface area contributed by atoms with Gasteiger partial charge in [-0.3, -0.25) is 4.79 Å². The van der Waals surface area contributed by atoms with E-state index in [1.165, 1.54) is 4.90 Å². The summed E-state index contributed by atoms with van der Waals surface area (Å²) >= 11 is 0. The van der Waals surface area contributed by atoms with E-state index in [-0.39, 0.29) is 17.1 Å². The second-order valence-electron chi connectivity index (χ2n) is 7.24. The molecule has 5 nitrogen and oxygen atoms in total. The molecule has 1 heterocycles. The average molecular weight is 319 g/mol. The fourth-order valence-corrected chi connectivity index (χ4v) is 2.46. The predicted molar refractivity (Wildman–Crippen MR) is 90.8 cm³/mol. The van der Waals surface area contributed by atoms with Gasteiger partial charge in [-0.25, -0.2) is 0 Å². The van der Waals surface area contributed by atoms with E-state index in [9.17, 15) is 9.90 Å². The molecule has 0 bridgehead atoms. The quantitative estimate of drug-likeness (QED) is 0.853. The van der Waals surface area contributed by atoms with E-state index < -0.39 is 13.2 Å². The van der Waals surface area contributed by atoms with E-state index >= 15 is 0 Å². The minimum atomic E-state index is -0.548. The third-order valence-electron chi connectivity index (χ3n) is 4.57. The molecule has 23 heavy (non-hydrogen) atoms. The van der Waals surface area contributed by atoms with Crippen molar-refractivity contribution in [2.75, 3.05) is 13.6 Å². The topological polar surface area (TPSA) is 59.0 Å². The lowest BCUT2D eigenvalue weighted by Crippen LogP contribution is -2.41. The third kappa shape index (κ3) is 3.76. The fraction of sp³-hybridized carbons (Fsp3) is 0.588. The van der Waals surface area contributed by atoms with Gasteiger partial charge in [0.05, 0.1) is 17.3 Å². The van der Waals surface area contributed by atoms with Crippen molar-refractivity contribution in [1.29, 1.82) is 0 Å². The summed E-state index contributed by atoms with van der Waals surface area (Å²) in [6.45, 7) is 10.0. The van der Waals surface area contributed by atoms with Crippen LogP contribution in [-0.4, -0.2) is 53.9 Å². The van der Waals surface area contributed by atoms with Crippen LogP contribution in [0.5, 0.6) is 0 Å². The van der Waals surface area contributed by atoms with E-state index in [1.54, 1.807) is 26.1 Å². The number of amides is 1. The molecule has 2 rings (SSSR count). The van der Waals surface area contributed by atoms with Gasteiger partial charge in [0.2, 0.25) is 0 Å². The monoisotopic (exact) mass is 319 g/mol. The zero-order chi connectivity index (χ0) is 17.4. The highest BCUT2D eigenvalue weighted by Crippen LogP contribution is 2.36. The minimum Gasteiger partial charge on any atom is -0.399 e. The number of benzene rings is 1. The lowest BCUT2D eigenvalue weighted by Gasteiger charge is -2.32. The lowest BCUT2D eigenvalue weighted by atomic mass is 9.79. The van der Waals surface area contributed by atoms with Crippen LogP contribution < -0.4 is 5.46 Å². The summed E-state index contributed by atoms with van der Waals surface area (Å²) in [6, 6.07) is 7.24. The van der Waals surface area contributed by atoms with Crippen LogP contribution >= 0.6 is 0 Å². The normalized spacial score (nSPS) is 20.4. The van der Waals surface area contributed by atoms with E-state index in [1.807, 2.05) is 39.8 Å². The number of likely N-dealkylation sites (N-methyl/N-ethyl adjacent to an activating group) is 1. The van der Waals surface area contributed by atoms with Gasteiger partial charge < -0.3 is 19.3 Å². The van der Waals surface area contributed by atoms with Crippen molar-refractivity contribution in [3.63, 3.8) is 0 Å². The van der Waals surface area contributed by atoms with E-state index in [0.29, 0.717) is 12.1 Å². The van der Waals surface area contributed by atoms with Crippen LogP contribution in [0.25, 0.3) is 0 Å². The highest BCUT2D eigenvalue weighted by Gasteiger charge is 2.51. The lowest BCUT2D eigenvalue weighted by molar-refractivity contribution is 0.00578. The molecule has 0 aromatic heterocycles. The Morgan fingerprint density at radius 2 is 1.65 bits per heavy atom. The third-order valence-corrected chi connectivity index (χ3v) is 4.57. The van der Waals surface area contributed by atoms with Gasteiger partial charge >= 0.3 is 7.12 Å². The van der Waals surface area contributed by atoms with Gasteiger partial charge in [0.15, 0.2) is 0 Å². The van der Waals surface area contributed by atoms with Crippen molar-refractivity contribution in [2.45, 2.75) is 51.9 Å². The van der Waals surface area contributed by atoms with E-state index in [0.717, 1.165) is 5.46 Å². The molecule has 1 atom stereocenters. The van der Waals surface area contributed by atoms with Crippen LogP contribution in [0.1, 0.15) is 45.0 Å². The summed E-state index contributed by atoms with van der Waals surface area (Å²) in [5.41, 5.74) is 0.694. The first-order chi connectivity index (χ1) is 10.5. The zero-order valence-corrected chi connectivity index (χ0v) is 14.8. The van der Waals surface area contributed by atoms with Gasteiger partial charge in [0.1, 0.15) is 0 Å². The second-order valence-corrected chi connectivity index (χ2v) is 7.24. The van der Waals surface area contributed by atoms with Crippen molar-refractivity contribution < 1.29 is 19.2 Å². The summed E-state index contributed by atoms with van der Waals surface area (Å²) in [5.74, 6) is -0.119. The predicted octanol–water partition coefficient (Wildman–Crippen LogP) is 1.44. The molecule has 6 heteroatoms. The Balaban J connectivity index is 2.10. The molecule has 1 saturated heterocycles. The van der Waals surface area contributed by atoms with Crippen LogP contribution in [0.3, 0.4) is 0 Å². The van der Waals surface area contributed by atoms with Crippen LogP contribution in [0.15, 0.2) is 24.3 Å². The summed E-state index contributed by atoms with van der Waals surface area (Å²) in [5, 5.41) is 9.38. The number of nitrogens with zero attached hydrogens (tertiary/aromatic N) is 1. The number of aliphatic hydroxyl groups is 1. The van der Waals surface area contributed by atoms with Gasteiger partial charge in [0, 0.05) is 19.2 Å². The molecule has 126 valence electrons. The Bertz CT molecular complexity index is 552. The van der Waals surface area contributed by atoms with Crippen molar-refractivity contribution >= 4 is 18.5 Å². The highest BCUT2D eigenvalue weighted by atomic mass is 16.7. The van der Waals surface area contributed by atoms with Crippen LogP contribution in [0.4, 0.5) is 0 Å². The molecule has 0 radical (unpaired) electrons. The molecule has 1 amide bonds. The van der Waals surface area contributed by atoms with Crippen molar-refractivity contribution in [1.82, 2.24) is 4.90 Å².